The predicted molar refractivity (Wildman–Crippen MR) is 112 cm³/mol. The van der Waals surface area contributed by atoms with E-state index in [-0.39, 0.29) is 35.4 Å². The Kier molecular flexibility index (Phi) is 4.91. The lowest BCUT2D eigenvalue weighted by molar-refractivity contribution is -0.274. The molecule has 36 heavy (non-hydrogen) atoms. The van der Waals surface area contributed by atoms with E-state index in [1.165, 1.54) is 52.5 Å². The van der Waals surface area contributed by atoms with Crippen molar-refractivity contribution < 1.29 is 27.1 Å². The number of aromatic amines is 1. The van der Waals surface area contributed by atoms with Gasteiger partial charge in [-0.25, -0.2) is 19.5 Å². The maximum Gasteiger partial charge on any atom is 0.573 e. The van der Waals surface area contributed by atoms with E-state index in [4.69, 9.17) is 4.42 Å². The first kappa shape index (κ1) is 21.7. The van der Waals surface area contributed by atoms with E-state index in [0.29, 0.717) is 12.1 Å². The van der Waals surface area contributed by atoms with Crippen LogP contribution in [0.2, 0.25) is 0 Å². The number of carbonyl (C=O) groups excluding carboxylic acids is 1. The molecule has 1 unspecified atom stereocenters. The fourth-order valence-electron chi connectivity index (χ4n) is 4.08. The third kappa shape index (κ3) is 3.79. The predicted octanol–water partition coefficient (Wildman–Crippen LogP) is 2.58. The van der Waals surface area contributed by atoms with Gasteiger partial charge in [-0.1, -0.05) is 0 Å². The van der Waals surface area contributed by atoms with Crippen LogP contribution in [0, 0.1) is 0 Å². The van der Waals surface area contributed by atoms with Crippen molar-refractivity contribution in [2.24, 2.45) is 0 Å². The van der Waals surface area contributed by atoms with Crippen molar-refractivity contribution in [3.63, 3.8) is 0 Å². The van der Waals surface area contributed by atoms with Crippen LogP contribution in [0.25, 0.3) is 17.2 Å². The Balaban J connectivity index is 1.40. The number of imidazole rings is 1. The molecule has 12 nitrogen and oxygen atoms in total. The summed E-state index contributed by atoms with van der Waals surface area (Å²) in [5, 5.41) is 12.1. The summed E-state index contributed by atoms with van der Waals surface area (Å²) in [5.41, 5.74) is 1.63. The average molecular weight is 497 g/mol. The molecule has 5 aromatic heterocycles. The van der Waals surface area contributed by atoms with Crippen molar-refractivity contribution in [2.45, 2.75) is 18.8 Å². The highest BCUT2D eigenvalue weighted by Gasteiger charge is 2.39. The van der Waals surface area contributed by atoms with Gasteiger partial charge in [0.2, 0.25) is 5.82 Å². The summed E-state index contributed by atoms with van der Waals surface area (Å²) in [5.74, 6) is -1.21. The van der Waals surface area contributed by atoms with Crippen molar-refractivity contribution in [3.8, 4) is 17.5 Å². The third-order valence-corrected chi connectivity index (χ3v) is 5.54. The molecule has 1 amide bonds. The van der Waals surface area contributed by atoms with Crippen molar-refractivity contribution in [1.29, 1.82) is 0 Å². The molecule has 5 aromatic rings. The van der Waals surface area contributed by atoms with Crippen LogP contribution < -0.4 is 4.74 Å². The SMILES string of the molecule is O=C(c1nnc(-c2ncccn2)o1)N1CCc2[nH]cnc2C1c1cc2c(OC(F)(F)F)cccn2n1. The molecule has 0 aliphatic carbocycles. The number of hydrogen-bond donors (Lipinski definition) is 1. The number of nitrogens with zero attached hydrogens (tertiary/aromatic N) is 8. The molecule has 0 bridgehead atoms. The number of halogens is 3. The summed E-state index contributed by atoms with van der Waals surface area (Å²) < 4.78 is 49.7. The molecule has 6 heterocycles. The number of hydrogen-bond acceptors (Lipinski definition) is 9. The molecule has 1 aliphatic rings. The second-order valence-electron chi connectivity index (χ2n) is 7.72. The number of amides is 1. The Hall–Kier alpha value is -4.82. The zero-order valence-electron chi connectivity index (χ0n) is 18.0. The van der Waals surface area contributed by atoms with E-state index in [2.05, 4.69) is 40.0 Å². The smallest absolute Gasteiger partial charge is 0.409 e. The van der Waals surface area contributed by atoms with Gasteiger partial charge in [0.25, 0.3) is 5.89 Å². The lowest BCUT2D eigenvalue weighted by Gasteiger charge is -2.32. The fourth-order valence-corrected chi connectivity index (χ4v) is 4.08. The monoisotopic (exact) mass is 497 g/mol. The highest BCUT2D eigenvalue weighted by atomic mass is 19.4. The number of nitrogens with one attached hydrogen (secondary N) is 1. The summed E-state index contributed by atoms with van der Waals surface area (Å²) in [6.07, 6.45) is 1.52. The van der Waals surface area contributed by atoms with Crippen LogP contribution in [0.15, 0.2) is 53.6 Å². The van der Waals surface area contributed by atoms with Crippen LogP contribution in [-0.4, -0.2) is 63.5 Å². The Bertz CT molecular complexity index is 1560. The normalized spacial score (nSPS) is 15.8. The van der Waals surface area contributed by atoms with E-state index in [9.17, 15) is 18.0 Å². The van der Waals surface area contributed by atoms with E-state index in [1.54, 1.807) is 6.07 Å². The number of H-pyrrole nitrogens is 1. The molecule has 1 N–H and O–H groups in total. The average Bonchev–Trinajstić information content (AvgIpc) is 3.62. The number of rotatable bonds is 4. The van der Waals surface area contributed by atoms with Crippen molar-refractivity contribution in [3.05, 3.63) is 72.2 Å². The molecule has 0 aromatic carbocycles. The second kappa shape index (κ2) is 8.14. The minimum Gasteiger partial charge on any atom is -0.409 e. The number of alkyl halides is 3. The van der Waals surface area contributed by atoms with Crippen LogP contribution in [0.3, 0.4) is 0 Å². The van der Waals surface area contributed by atoms with Gasteiger partial charge < -0.3 is 19.0 Å². The summed E-state index contributed by atoms with van der Waals surface area (Å²) in [7, 11) is 0. The molecule has 6 rings (SSSR count). The molecular weight excluding hydrogens is 483 g/mol. The number of ether oxygens (including phenoxy) is 1. The topological polar surface area (TPSA) is 140 Å². The first-order chi connectivity index (χ1) is 17.4. The van der Waals surface area contributed by atoms with E-state index in [1.807, 2.05) is 0 Å². The molecule has 0 spiro atoms. The number of aromatic nitrogens is 8. The lowest BCUT2D eigenvalue weighted by atomic mass is 9.99. The minimum absolute atomic E-state index is 0.0327. The lowest BCUT2D eigenvalue weighted by Crippen LogP contribution is -2.41. The van der Waals surface area contributed by atoms with Crippen LogP contribution >= 0.6 is 0 Å². The number of carbonyl (C=O) groups is 1. The highest BCUT2D eigenvalue weighted by molar-refractivity contribution is 5.90. The molecule has 182 valence electrons. The Morgan fingerprint density at radius 3 is 2.81 bits per heavy atom. The first-order valence-corrected chi connectivity index (χ1v) is 10.6. The van der Waals surface area contributed by atoms with Crippen LogP contribution in [0.5, 0.6) is 5.75 Å². The van der Waals surface area contributed by atoms with Gasteiger partial charge in [0.05, 0.1) is 17.7 Å². The maximum absolute atomic E-state index is 13.5. The van der Waals surface area contributed by atoms with Gasteiger partial charge in [0.15, 0.2) is 5.75 Å². The van der Waals surface area contributed by atoms with Gasteiger partial charge in [-0.2, -0.15) is 5.10 Å². The van der Waals surface area contributed by atoms with E-state index < -0.39 is 24.1 Å². The quantitative estimate of drug-likeness (QED) is 0.397. The minimum atomic E-state index is -4.88. The number of fused-ring (bicyclic) bond motifs is 2. The highest BCUT2D eigenvalue weighted by Crippen LogP contribution is 2.36. The van der Waals surface area contributed by atoms with Crippen LogP contribution in [-0.2, 0) is 6.42 Å². The molecule has 0 radical (unpaired) electrons. The summed E-state index contributed by atoms with van der Waals surface area (Å²) in [4.78, 5) is 30.3. The first-order valence-electron chi connectivity index (χ1n) is 10.6. The summed E-state index contributed by atoms with van der Waals surface area (Å²) in [6, 6.07) is 4.76. The molecule has 0 saturated carbocycles. The van der Waals surface area contributed by atoms with Crippen LogP contribution in [0.1, 0.15) is 33.8 Å². The Labute approximate surface area is 198 Å². The van der Waals surface area contributed by atoms with Gasteiger partial charge in [-0.15, -0.1) is 23.4 Å². The van der Waals surface area contributed by atoms with E-state index in [0.717, 1.165) is 5.69 Å². The van der Waals surface area contributed by atoms with Gasteiger partial charge >= 0.3 is 18.2 Å². The molecule has 0 fully saturated rings. The van der Waals surface area contributed by atoms with Crippen molar-refractivity contribution in [1.82, 2.24) is 44.6 Å². The van der Waals surface area contributed by atoms with Gasteiger partial charge in [0, 0.05) is 37.3 Å². The number of pyridine rings is 1. The largest absolute Gasteiger partial charge is 0.573 e. The third-order valence-electron chi connectivity index (χ3n) is 5.54. The van der Waals surface area contributed by atoms with Crippen LogP contribution in [0.4, 0.5) is 13.2 Å². The standard InChI is InChI=1S/C21H14F3N9O3/c22-21(23,24)36-14-3-1-7-33-13(14)9-12(31-33)16-15-11(27-10-28-15)4-8-32(16)20(34)19-30-29-18(35-19)17-25-5-2-6-26-17/h1-3,5-7,9-10,16H,4,8H2,(H,27,28). The molecule has 1 aliphatic heterocycles. The molecular formula is C21H14F3N9O3. The molecule has 0 saturated heterocycles. The van der Waals surface area contributed by atoms with Crippen molar-refractivity contribution in [2.75, 3.05) is 6.54 Å². The van der Waals surface area contributed by atoms with Gasteiger partial charge in [-0.05, 0) is 24.3 Å². The summed E-state index contributed by atoms with van der Waals surface area (Å²) >= 11 is 0. The fraction of sp³-hybridized carbons (Fsp3) is 0.190. The Morgan fingerprint density at radius 1 is 1.17 bits per heavy atom. The van der Waals surface area contributed by atoms with E-state index >= 15 is 0 Å². The zero-order valence-corrected chi connectivity index (χ0v) is 18.0. The van der Waals surface area contributed by atoms with Crippen molar-refractivity contribution >= 4 is 11.4 Å². The molecule has 15 heteroatoms. The zero-order chi connectivity index (χ0) is 24.9. The molecule has 1 atom stereocenters. The maximum atomic E-state index is 13.5. The van der Waals surface area contributed by atoms with Gasteiger partial charge in [-0.3, -0.25) is 4.79 Å². The Morgan fingerprint density at radius 2 is 2.00 bits per heavy atom. The summed E-state index contributed by atoms with van der Waals surface area (Å²) in [6.45, 7) is 0.234. The van der Waals surface area contributed by atoms with Gasteiger partial charge in [0.1, 0.15) is 11.6 Å². The second-order valence-corrected chi connectivity index (χ2v) is 7.72.